The first-order valence-corrected chi connectivity index (χ1v) is 9.09. The molecule has 2 aromatic rings. The highest BCUT2D eigenvalue weighted by Gasteiger charge is 2.50. The topological polar surface area (TPSA) is 88.1 Å². The second-order valence-electron chi connectivity index (χ2n) is 5.77. The van der Waals surface area contributed by atoms with E-state index in [4.69, 9.17) is 0 Å². The summed E-state index contributed by atoms with van der Waals surface area (Å²) in [6, 6.07) is 3.52. The summed E-state index contributed by atoms with van der Waals surface area (Å²) in [5.41, 5.74) is -4.08. The Morgan fingerprint density at radius 2 is 1.84 bits per heavy atom. The normalized spacial score (nSPS) is 17.7. The van der Waals surface area contributed by atoms with E-state index in [0.29, 0.717) is 40.7 Å². The van der Waals surface area contributed by atoms with E-state index in [9.17, 15) is 21.6 Å². The predicted octanol–water partition coefficient (Wildman–Crippen LogP) is 2.00. The molecule has 0 amide bonds. The van der Waals surface area contributed by atoms with Gasteiger partial charge in [0.1, 0.15) is 11.3 Å². The monoisotopic (exact) mass is 375 g/mol. The highest BCUT2D eigenvalue weighted by molar-refractivity contribution is 7.90. The molecule has 0 saturated carbocycles. The fourth-order valence-electron chi connectivity index (χ4n) is 2.70. The fourth-order valence-corrected chi connectivity index (χ4v) is 3.69. The van der Waals surface area contributed by atoms with Gasteiger partial charge in [-0.05, 0) is 30.9 Å². The van der Waals surface area contributed by atoms with Crippen molar-refractivity contribution in [3.8, 4) is 0 Å². The van der Waals surface area contributed by atoms with Crippen LogP contribution in [0.1, 0.15) is 12.8 Å². The summed E-state index contributed by atoms with van der Waals surface area (Å²) in [4.78, 5) is 12.5. The summed E-state index contributed by atoms with van der Waals surface area (Å²) in [6.07, 6.45) is 3.82. The Morgan fingerprint density at radius 3 is 2.52 bits per heavy atom. The van der Waals surface area contributed by atoms with Crippen LogP contribution in [0, 0.1) is 5.92 Å². The van der Waals surface area contributed by atoms with Gasteiger partial charge in [0.2, 0.25) is 0 Å². The third-order valence-electron chi connectivity index (χ3n) is 4.11. The standard InChI is InChI=1S/C14H16F3N5O2S/c15-14(16,17)25(23,24)22-7-3-10(4-8-22)9-20-12-2-1-11-13(21-12)19-6-5-18-11/h1-2,5-6,10H,3-4,7-9H2,(H,19,20,21). The molecule has 2 aromatic heterocycles. The van der Waals surface area contributed by atoms with Gasteiger partial charge in [0.15, 0.2) is 5.65 Å². The number of nitrogens with one attached hydrogen (secondary N) is 1. The van der Waals surface area contributed by atoms with Crippen molar-refractivity contribution < 1.29 is 21.6 Å². The van der Waals surface area contributed by atoms with Crippen molar-refractivity contribution in [2.24, 2.45) is 5.92 Å². The fraction of sp³-hybridized carbons (Fsp3) is 0.500. The van der Waals surface area contributed by atoms with E-state index in [-0.39, 0.29) is 19.0 Å². The largest absolute Gasteiger partial charge is 0.511 e. The number of halogens is 3. The molecule has 0 atom stereocenters. The molecule has 0 spiro atoms. The molecule has 136 valence electrons. The maximum Gasteiger partial charge on any atom is 0.511 e. The van der Waals surface area contributed by atoms with Crippen LogP contribution in [-0.4, -0.2) is 52.8 Å². The number of hydrogen-bond donors (Lipinski definition) is 1. The van der Waals surface area contributed by atoms with Crippen molar-refractivity contribution in [3.05, 3.63) is 24.5 Å². The molecule has 11 heteroatoms. The van der Waals surface area contributed by atoms with Gasteiger partial charge in [-0.25, -0.2) is 18.4 Å². The lowest BCUT2D eigenvalue weighted by atomic mass is 9.98. The Kier molecular flexibility index (Phi) is 4.78. The zero-order valence-corrected chi connectivity index (χ0v) is 13.9. The van der Waals surface area contributed by atoms with Gasteiger partial charge < -0.3 is 5.32 Å². The van der Waals surface area contributed by atoms with E-state index in [1.54, 1.807) is 18.3 Å². The third kappa shape index (κ3) is 3.82. The Labute approximate surface area is 142 Å². The second kappa shape index (κ2) is 6.71. The minimum Gasteiger partial charge on any atom is -0.370 e. The number of pyridine rings is 1. The van der Waals surface area contributed by atoms with Gasteiger partial charge in [0, 0.05) is 32.0 Å². The molecular formula is C14H16F3N5O2S. The van der Waals surface area contributed by atoms with Crippen LogP contribution in [0.3, 0.4) is 0 Å². The Morgan fingerprint density at radius 1 is 1.16 bits per heavy atom. The van der Waals surface area contributed by atoms with E-state index in [1.807, 2.05) is 0 Å². The lowest BCUT2D eigenvalue weighted by molar-refractivity contribution is -0.0496. The van der Waals surface area contributed by atoms with Gasteiger partial charge in [0.25, 0.3) is 0 Å². The van der Waals surface area contributed by atoms with E-state index >= 15 is 0 Å². The van der Waals surface area contributed by atoms with Crippen LogP contribution < -0.4 is 5.32 Å². The SMILES string of the molecule is O=S(=O)(N1CCC(CNc2ccc3nccnc3n2)CC1)C(F)(F)F. The molecule has 0 unspecified atom stereocenters. The van der Waals surface area contributed by atoms with E-state index in [0.717, 1.165) is 0 Å². The average Bonchev–Trinajstić information content (AvgIpc) is 2.59. The zero-order valence-electron chi connectivity index (χ0n) is 13.1. The quantitative estimate of drug-likeness (QED) is 0.879. The minimum absolute atomic E-state index is 0.0686. The van der Waals surface area contributed by atoms with Gasteiger partial charge in [-0.15, -0.1) is 0 Å². The van der Waals surface area contributed by atoms with E-state index in [1.165, 1.54) is 6.20 Å². The Bertz CT molecular complexity index is 851. The van der Waals surface area contributed by atoms with Gasteiger partial charge in [0.05, 0.1) is 0 Å². The van der Waals surface area contributed by atoms with Crippen molar-refractivity contribution in [3.63, 3.8) is 0 Å². The molecule has 0 aromatic carbocycles. The first kappa shape index (κ1) is 17.8. The first-order chi connectivity index (χ1) is 11.8. The molecule has 1 aliphatic rings. The van der Waals surface area contributed by atoms with Crippen LogP contribution in [0.15, 0.2) is 24.5 Å². The van der Waals surface area contributed by atoms with Gasteiger partial charge in [-0.1, -0.05) is 0 Å². The van der Waals surface area contributed by atoms with Gasteiger partial charge in [-0.3, -0.25) is 4.98 Å². The van der Waals surface area contributed by atoms with Gasteiger partial charge in [-0.2, -0.15) is 17.5 Å². The third-order valence-corrected chi connectivity index (χ3v) is 5.74. The van der Waals surface area contributed by atoms with Crippen molar-refractivity contribution in [1.82, 2.24) is 19.3 Å². The number of aromatic nitrogens is 3. The average molecular weight is 375 g/mol. The maximum absolute atomic E-state index is 12.6. The van der Waals surface area contributed by atoms with Crippen LogP contribution in [0.4, 0.5) is 19.0 Å². The Hall–Kier alpha value is -2.01. The van der Waals surface area contributed by atoms with Crippen LogP contribution >= 0.6 is 0 Å². The summed E-state index contributed by atoms with van der Waals surface area (Å²) < 4.78 is 60.9. The highest BCUT2D eigenvalue weighted by atomic mass is 32.2. The number of sulfonamides is 1. The van der Waals surface area contributed by atoms with E-state index < -0.39 is 15.5 Å². The number of alkyl halides is 3. The smallest absolute Gasteiger partial charge is 0.370 e. The molecule has 1 fully saturated rings. The lowest BCUT2D eigenvalue weighted by Crippen LogP contribution is -2.45. The van der Waals surface area contributed by atoms with Crippen molar-refractivity contribution in [2.75, 3.05) is 25.0 Å². The Balaban J connectivity index is 1.55. The zero-order chi connectivity index (χ0) is 18.1. The van der Waals surface area contributed by atoms with Crippen molar-refractivity contribution in [1.29, 1.82) is 0 Å². The van der Waals surface area contributed by atoms with Crippen LogP contribution in [0.25, 0.3) is 11.2 Å². The van der Waals surface area contributed by atoms with Crippen LogP contribution in [-0.2, 0) is 10.0 Å². The van der Waals surface area contributed by atoms with Crippen molar-refractivity contribution >= 4 is 27.0 Å². The molecule has 25 heavy (non-hydrogen) atoms. The summed E-state index contributed by atoms with van der Waals surface area (Å²) in [6.45, 7) is 0.230. The molecule has 3 heterocycles. The number of rotatable bonds is 4. The molecular weight excluding hydrogens is 359 g/mol. The summed E-state index contributed by atoms with van der Waals surface area (Å²) in [5.74, 6) is 0.664. The first-order valence-electron chi connectivity index (χ1n) is 7.65. The van der Waals surface area contributed by atoms with Crippen molar-refractivity contribution in [2.45, 2.75) is 18.3 Å². The molecule has 1 N–H and O–H groups in total. The highest BCUT2D eigenvalue weighted by Crippen LogP contribution is 2.30. The van der Waals surface area contributed by atoms with Gasteiger partial charge >= 0.3 is 15.5 Å². The predicted molar refractivity (Wildman–Crippen MR) is 85.1 cm³/mol. The summed E-state index contributed by atoms with van der Waals surface area (Å²) in [5, 5.41) is 3.12. The summed E-state index contributed by atoms with van der Waals surface area (Å²) >= 11 is 0. The van der Waals surface area contributed by atoms with Crippen LogP contribution in [0.5, 0.6) is 0 Å². The lowest BCUT2D eigenvalue weighted by Gasteiger charge is -2.31. The number of nitrogens with zero attached hydrogens (tertiary/aromatic N) is 4. The molecule has 1 aliphatic heterocycles. The molecule has 7 nitrogen and oxygen atoms in total. The minimum atomic E-state index is -5.24. The number of piperidine rings is 1. The molecule has 3 rings (SSSR count). The summed E-state index contributed by atoms with van der Waals surface area (Å²) in [7, 11) is -5.23. The number of hydrogen-bond acceptors (Lipinski definition) is 6. The second-order valence-corrected chi connectivity index (χ2v) is 7.70. The van der Waals surface area contributed by atoms with Crippen LogP contribution in [0.2, 0.25) is 0 Å². The molecule has 0 radical (unpaired) electrons. The van der Waals surface area contributed by atoms with E-state index in [2.05, 4.69) is 20.3 Å². The maximum atomic E-state index is 12.6. The number of anilines is 1. The molecule has 1 saturated heterocycles. The molecule has 0 aliphatic carbocycles. The number of fused-ring (bicyclic) bond motifs is 1. The molecule has 0 bridgehead atoms.